The molecule has 1 N–H and O–H groups in total. The van der Waals surface area contributed by atoms with Gasteiger partial charge in [0.2, 0.25) is 0 Å². The Bertz CT molecular complexity index is 450. The number of hydrogen-bond donors (Lipinski definition) is 1. The van der Waals surface area contributed by atoms with E-state index in [2.05, 4.69) is 6.92 Å². The van der Waals surface area contributed by atoms with Gasteiger partial charge in [-0.05, 0) is 45.2 Å². The van der Waals surface area contributed by atoms with Crippen LogP contribution in [0, 0.1) is 12.8 Å². The lowest BCUT2D eigenvalue weighted by molar-refractivity contribution is -0.177. The molecule has 1 heterocycles. The van der Waals surface area contributed by atoms with Gasteiger partial charge in [-0.25, -0.2) is 0 Å². The molecule has 0 unspecified atom stereocenters. The summed E-state index contributed by atoms with van der Waals surface area (Å²) in [6, 6.07) is 6.07. The molecular weight excluding hydrogens is 200 g/mol. The standard InChI is InChI=1S/C14H18O2/c1-9-4-5-10-11(8-9)16-13(2)7-6-12(13)14(10,3)15/h4-5,8,12,15H,6-7H2,1-3H3/t12-,13+,14+/m1/s1. The summed E-state index contributed by atoms with van der Waals surface area (Å²) in [7, 11) is 0. The SMILES string of the molecule is Cc1ccc2c(c1)O[C@@]1(C)CC[C@H]1[C@@]2(C)O. The van der Waals surface area contributed by atoms with Crippen molar-refractivity contribution in [3.8, 4) is 5.75 Å². The highest BCUT2D eigenvalue weighted by Gasteiger charge is 2.58. The van der Waals surface area contributed by atoms with E-state index in [-0.39, 0.29) is 11.5 Å². The number of aryl methyl sites for hydroxylation is 1. The van der Waals surface area contributed by atoms with Gasteiger partial charge in [-0.2, -0.15) is 0 Å². The highest BCUT2D eigenvalue weighted by molar-refractivity contribution is 5.45. The Balaban J connectivity index is 2.17. The Morgan fingerprint density at radius 1 is 1.38 bits per heavy atom. The Labute approximate surface area is 96.2 Å². The quantitative estimate of drug-likeness (QED) is 0.725. The number of ether oxygens (including phenoxy) is 1. The van der Waals surface area contributed by atoms with Crippen molar-refractivity contribution in [3.05, 3.63) is 29.3 Å². The third-order valence-corrected chi connectivity index (χ3v) is 4.37. The van der Waals surface area contributed by atoms with Crippen LogP contribution in [-0.2, 0) is 5.60 Å². The maximum absolute atomic E-state index is 10.7. The Hall–Kier alpha value is -1.02. The molecule has 3 atom stereocenters. The number of aliphatic hydroxyl groups is 1. The molecule has 0 saturated heterocycles. The van der Waals surface area contributed by atoms with Gasteiger partial charge in [0, 0.05) is 11.5 Å². The number of fused-ring (bicyclic) bond motifs is 2. The van der Waals surface area contributed by atoms with Gasteiger partial charge in [0.25, 0.3) is 0 Å². The van der Waals surface area contributed by atoms with Crippen LogP contribution in [0.15, 0.2) is 18.2 Å². The molecular formula is C14H18O2. The number of benzene rings is 1. The van der Waals surface area contributed by atoms with Crippen molar-refractivity contribution in [1.29, 1.82) is 0 Å². The van der Waals surface area contributed by atoms with Gasteiger partial charge in [0.1, 0.15) is 11.4 Å². The molecule has 1 aliphatic carbocycles. The summed E-state index contributed by atoms with van der Waals surface area (Å²) in [6.45, 7) is 6.08. The fourth-order valence-corrected chi connectivity index (χ4v) is 3.26. The van der Waals surface area contributed by atoms with E-state index in [9.17, 15) is 5.11 Å². The van der Waals surface area contributed by atoms with E-state index in [1.165, 1.54) is 5.56 Å². The largest absolute Gasteiger partial charge is 0.487 e. The highest BCUT2D eigenvalue weighted by atomic mass is 16.5. The van der Waals surface area contributed by atoms with Crippen LogP contribution in [0.2, 0.25) is 0 Å². The molecule has 3 rings (SSSR count). The highest BCUT2D eigenvalue weighted by Crippen LogP contribution is 2.56. The van der Waals surface area contributed by atoms with Gasteiger partial charge in [0.05, 0.1) is 5.60 Å². The van der Waals surface area contributed by atoms with Gasteiger partial charge in [0.15, 0.2) is 0 Å². The molecule has 0 radical (unpaired) electrons. The van der Waals surface area contributed by atoms with E-state index in [4.69, 9.17) is 4.74 Å². The Kier molecular flexibility index (Phi) is 1.78. The number of hydrogen-bond acceptors (Lipinski definition) is 2. The van der Waals surface area contributed by atoms with E-state index in [1.54, 1.807) is 0 Å². The molecule has 16 heavy (non-hydrogen) atoms. The second-order valence-electron chi connectivity index (χ2n) is 5.65. The first-order valence-corrected chi connectivity index (χ1v) is 5.96. The van der Waals surface area contributed by atoms with Crippen LogP contribution in [0.5, 0.6) is 5.75 Å². The minimum atomic E-state index is -0.742. The lowest BCUT2D eigenvalue weighted by Crippen LogP contribution is -2.60. The topological polar surface area (TPSA) is 29.5 Å². The van der Waals surface area contributed by atoms with Gasteiger partial charge >= 0.3 is 0 Å². The normalized spacial score (nSPS) is 40.4. The summed E-state index contributed by atoms with van der Waals surface area (Å²) in [6.07, 6.45) is 2.10. The lowest BCUT2D eigenvalue weighted by Gasteiger charge is -2.56. The molecule has 1 fully saturated rings. The van der Waals surface area contributed by atoms with Crippen molar-refractivity contribution >= 4 is 0 Å². The molecule has 2 heteroatoms. The molecule has 2 aliphatic rings. The first-order valence-electron chi connectivity index (χ1n) is 5.96. The smallest absolute Gasteiger partial charge is 0.126 e. The van der Waals surface area contributed by atoms with Gasteiger partial charge in [-0.15, -0.1) is 0 Å². The molecule has 1 aromatic rings. The van der Waals surface area contributed by atoms with E-state index in [1.807, 2.05) is 32.0 Å². The molecule has 1 saturated carbocycles. The average Bonchev–Trinajstić information content (AvgIpc) is 2.13. The molecule has 0 aromatic heterocycles. The van der Waals surface area contributed by atoms with Crippen LogP contribution in [0.3, 0.4) is 0 Å². The van der Waals surface area contributed by atoms with Crippen LogP contribution in [0.4, 0.5) is 0 Å². The monoisotopic (exact) mass is 218 g/mol. The second kappa shape index (κ2) is 2.80. The minimum Gasteiger partial charge on any atom is -0.487 e. The zero-order valence-corrected chi connectivity index (χ0v) is 10.1. The second-order valence-corrected chi connectivity index (χ2v) is 5.65. The van der Waals surface area contributed by atoms with Crippen molar-refractivity contribution in [3.63, 3.8) is 0 Å². The van der Waals surface area contributed by atoms with Crippen LogP contribution in [0.25, 0.3) is 0 Å². The van der Waals surface area contributed by atoms with Gasteiger partial charge in [-0.3, -0.25) is 0 Å². The Morgan fingerprint density at radius 3 is 2.75 bits per heavy atom. The Morgan fingerprint density at radius 2 is 2.12 bits per heavy atom. The fourth-order valence-electron chi connectivity index (χ4n) is 3.26. The average molecular weight is 218 g/mol. The van der Waals surface area contributed by atoms with Crippen molar-refractivity contribution in [2.75, 3.05) is 0 Å². The van der Waals surface area contributed by atoms with E-state index < -0.39 is 5.60 Å². The zero-order chi connectivity index (χ0) is 11.6. The lowest BCUT2D eigenvalue weighted by atomic mass is 9.59. The minimum absolute atomic E-state index is 0.162. The molecule has 2 nitrogen and oxygen atoms in total. The first-order chi connectivity index (χ1) is 7.43. The van der Waals surface area contributed by atoms with E-state index >= 15 is 0 Å². The summed E-state index contributed by atoms with van der Waals surface area (Å²) in [4.78, 5) is 0. The summed E-state index contributed by atoms with van der Waals surface area (Å²) >= 11 is 0. The van der Waals surface area contributed by atoms with Crippen molar-refractivity contribution < 1.29 is 9.84 Å². The third kappa shape index (κ3) is 1.11. The molecule has 1 aliphatic heterocycles. The predicted octanol–water partition coefficient (Wildman–Crippen LogP) is 2.76. The van der Waals surface area contributed by atoms with Crippen LogP contribution < -0.4 is 4.74 Å². The molecule has 1 aromatic carbocycles. The van der Waals surface area contributed by atoms with Crippen molar-refractivity contribution in [1.82, 2.24) is 0 Å². The summed E-state index contributed by atoms with van der Waals surface area (Å²) in [5.74, 6) is 1.10. The van der Waals surface area contributed by atoms with Gasteiger partial charge < -0.3 is 9.84 Å². The number of rotatable bonds is 0. The summed E-state index contributed by atoms with van der Waals surface area (Å²) < 4.78 is 6.07. The van der Waals surface area contributed by atoms with Crippen LogP contribution in [-0.4, -0.2) is 10.7 Å². The molecule has 0 bridgehead atoms. The fraction of sp³-hybridized carbons (Fsp3) is 0.571. The van der Waals surface area contributed by atoms with E-state index in [0.29, 0.717) is 0 Å². The molecule has 86 valence electrons. The maximum Gasteiger partial charge on any atom is 0.126 e. The molecule has 0 amide bonds. The maximum atomic E-state index is 10.7. The van der Waals surface area contributed by atoms with Crippen molar-refractivity contribution in [2.24, 2.45) is 5.92 Å². The summed E-state index contributed by atoms with van der Waals surface area (Å²) in [5.41, 5.74) is 1.22. The van der Waals surface area contributed by atoms with E-state index in [0.717, 1.165) is 24.2 Å². The first kappa shape index (κ1) is 10.2. The molecule has 0 spiro atoms. The van der Waals surface area contributed by atoms with Crippen molar-refractivity contribution in [2.45, 2.75) is 44.8 Å². The van der Waals surface area contributed by atoms with Gasteiger partial charge in [-0.1, -0.05) is 12.1 Å². The predicted molar refractivity (Wildman–Crippen MR) is 62.5 cm³/mol. The summed E-state index contributed by atoms with van der Waals surface area (Å²) in [5, 5.41) is 10.7. The third-order valence-electron chi connectivity index (χ3n) is 4.37. The van der Waals surface area contributed by atoms with Crippen LogP contribution >= 0.6 is 0 Å². The zero-order valence-electron chi connectivity index (χ0n) is 10.1. The van der Waals surface area contributed by atoms with Crippen LogP contribution in [0.1, 0.15) is 37.8 Å².